The van der Waals surface area contributed by atoms with Crippen LogP contribution >= 0.6 is 15.9 Å². The van der Waals surface area contributed by atoms with Crippen LogP contribution in [-0.2, 0) is 4.74 Å². The van der Waals surface area contributed by atoms with Crippen LogP contribution in [0.25, 0.3) is 11.0 Å². The number of aryl methyl sites for hydroxylation is 3. The van der Waals surface area contributed by atoms with Crippen LogP contribution in [0.3, 0.4) is 0 Å². The lowest BCUT2D eigenvalue weighted by molar-refractivity contribution is -0.00452. The van der Waals surface area contributed by atoms with E-state index in [4.69, 9.17) is 9.15 Å². The molecule has 0 radical (unpaired) electrons. The molecule has 1 N–H and O–H groups in total. The van der Waals surface area contributed by atoms with E-state index in [1.54, 1.807) is 0 Å². The number of fused-ring (bicyclic) bond motifs is 1. The molecule has 0 spiro atoms. The largest absolute Gasteiger partial charge is 0.451 e. The average molecular weight is 418 g/mol. The number of hydrogen-bond donors (Lipinski definition) is 1. The summed E-state index contributed by atoms with van der Waals surface area (Å²) in [7, 11) is 0. The Morgan fingerprint density at radius 3 is 2.88 bits per heavy atom. The van der Waals surface area contributed by atoms with Crippen LogP contribution in [0.1, 0.15) is 39.1 Å². The topological polar surface area (TPSA) is 71.4 Å². The Morgan fingerprint density at radius 1 is 1.35 bits per heavy atom. The summed E-state index contributed by atoms with van der Waals surface area (Å²) >= 11 is 3.48. The summed E-state index contributed by atoms with van der Waals surface area (Å²) in [6.45, 7) is 7.33. The summed E-state index contributed by atoms with van der Waals surface area (Å²) in [4.78, 5) is 15.2. The van der Waals surface area contributed by atoms with Gasteiger partial charge in [0.05, 0.1) is 24.9 Å². The van der Waals surface area contributed by atoms with Gasteiger partial charge in [-0.15, -0.1) is 0 Å². The molecule has 3 heterocycles. The normalized spacial score (nSPS) is 17.8. The second kappa shape index (κ2) is 6.55. The smallest absolute Gasteiger partial charge is 0.290 e. The molecule has 4 rings (SSSR count). The maximum Gasteiger partial charge on any atom is 0.290 e. The first kappa shape index (κ1) is 17.3. The summed E-state index contributed by atoms with van der Waals surface area (Å²) < 4.78 is 12.5. The van der Waals surface area contributed by atoms with Gasteiger partial charge in [0.2, 0.25) is 0 Å². The molecular weight excluding hydrogens is 398 g/mol. The lowest BCUT2D eigenvalue weighted by atomic mass is 10.0. The number of hydrogen-bond acceptors (Lipinski definition) is 4. The molecule has 26 heavy (non-hydrogen) atoms. The van der Waals surface area contributed by atoms with Crippen molar-refractivity contribution < 1.29 is 13.9 Å². The molecule has 0 saturated carbocycles. The van der Waals surface area contributed by atoms with Gasteiger partial charge in [0.1, 0.15) is 5.58 Å². The number of H-pyrrole nitrogens is 1. The molecular formula is C19H20BrN3O3. The minimum absolute atomic E-state index is 0.108. The lowest BCUT2D eigenvalue weighted by Gasteiger charge is -2.35. The van der Waals surface area contributed by atoms with Crippen LogP contribution in [0.4, 0.5) is 0 Å². The average Bonchev–Trinajstić information content (AvgIpc) is 3.14. The molecule has 3 aromatic rings. The van der Waals surface area contributed by atoms with Gasteiger partial charge in [-0.25, -0.2) is 0 Å². The van der Waals surface area contributed by atoms with Gasteiger partial charge in [-0.1, -0.05) is 15.9 Å². The van der Waals surface area contributed by atoms with Crippen LogP contribution in [0.2, 0.25) is 0 Å². The Labute approximate surface area is 159 Å². The third kappa shape index (κ3) is 2.75. The third-order valence-corrected chi connectivity index (χ3v) is 5.49. The van der Waals surface area contributed by atoms with E-state index in [0.29, 0.717) is 25.5 Å². The van der Waals surface area contributed by atoms with E-state index in [1.165, 1.54) is 0 Å². The summed E-state index contributed by atoms with van der Waals surface area (Å²) in [5, 5.41) is 8.22. The summed E-state index contributed by atoms with van der Waals surface area (Å²) in [6, 6.07) is 5.60. The van der Waals surface area contributed by atoms with Crippen molar-refractivity contribution in [3.63, 3.8) is 0 Å². The van der Waals surface area contributed by atoms with E-state index in [2.05, 4.69) is 26.1 Å². The predicted octanol–water partition coefficient (Wildman–Crippen LogP) is 4.06. The van der Waals surface area contributed by atoms with Gasteiger partial charge in [0.25, 0.3) is 5.91 Å². The Bertz CT molecular complexity index is 972. The highest BCUT2D eigenvalue weighted by Crippen LogP contribution is 2.33. The number of aromatic nitrogens is 2. The van der Waals surface area contributed by atoms with E-state index in [0.717, 1.165) is 38.0 Å². The minimum Gasteiger partial charge on any atom is -0.451 e. The van der Waals surface area contributed by atoms with Gasteiger partial charge >= 0.3 is 0 Å². The zero-order valence-electron chi connectivity index (χ0n) is 14.9. The van der Waals surface area contributed by atoms with Crippen molar-refractivity contribution >= 4 is 32.8 Å². The zero-order chi connectivity index (χ0) is 18.4. The molecule has 1 aliphatic heterocycles. The van der Waals surface area contributed by atoms with Crippen molar-refractivity contribution in [1.82, 2.24) is 15.1 Å². The number of rotatable bonds is 2. The van der Waals surface area contributed by atoms with Crippen molar-refractivity contribution in [3.8, 4) is 0 Å². The second-order valence-corrected chi connectivity index (χ2v) is 7.55. The van der Waals surface area contributed by atoms with Crippen molar-refractivity contribution in [2.45, 2.75) is 26.8 Å². The highest BCUT2D eigenvalue weighted by Gasteiger charge is 2.34. The number of benzene rings is 1. The molecule has 1 aliphatic rings. The Morgan fingerprint density at radius 2 is 2.15 bits per heavy atom. The number of nitrogens with one attached hydrogen (secondary N) is 1. The van der Waals surface area contributed by atoms with Gasteiger partial charge in [-0.2, -0.15) is 5.10 Å². The molecule has 1 saturated heterocycles. The number of amides is 1. The summed E-state index contributed by atoms with van der Waals surface area (Å²) in [5.41, 5.74) is 4.45. The number of nitrogens with zero attached hydrogens (tertiary/aromatic N) is 2. The predicted molar refractivity (Wildman–Crippen MR) is 101 cm³/mol. The van der Waals surface area contributed by atoms with E-state index >= 15 is 0 Å². The highest BCUT2D eigenvalue weighted by atomic mass is 79.9. The fourth-order valence-corrected chi connectivity index (χ4v) is 4.03. The Kier molecular flexibility index (Phi) is 4.36. The highest BCUT2D eigenvalue weighted by molar-refractivity contribution is 9.10. The molecule has 7 heteroatoms. The lowest BCUT2D eigenvalue weighted by Crippen LogP contribution is -2.43. The Balaban J connectivity index is 1.75. The van der Waals surface area contributed by atoms with Gasteiger partial charge in [0.15, 0.2) is 5.76 Å². The number of aromatic amines is 1. The molecule has 0 aliphatic carbocycles. The summed E-state index contributed by atoms with van der Waals surface area (Å²) in [6.07, 6.45) is 0. The SMILES string of the molecule is Cc1n[nH]c(C)c1C1COCCN1C(=O)c1oc2ccc(Br)cc2c1C. The quantitative estimate of drug-likeness (QED) is 0.682. The number of ether oxygens (including phenoxy) is 1. The Hall–Kier alpha value is -2.12. The number of halogens is 1. The molecule has 1 atom stereocenters. The third-order valence-electron chi connectivity index (χ3n) is 5.00. The number of furan rings is 1. The van der Waals surface area contributed by atoms with Crippen LogP contribution in [-0.4, -0.2) is 40.8 Å². The van der Waals surface area contributed by atoms with E-state index < -0.39 is 0 Å². The van der Waals surface area contributed by atoms with Crippen LogP contribution < -0.4 is 0 Å². The maximum absolute atomic E-state index is 13.3. The monoisotopic (exact) mass is 417 g/mol. The number of carbonyl (C=O) groups excluding carboxylic acids is 1. The minimum atomic E-state index is -0.172. The maximum atomic E-state index is 13.3. The van der Waals surface area contributed by atoms with Crippen LogP contribution in [0.15, 0.2) is 27.1 Å². The first-order valence-corrected chi connectivity index (χ1v) is 9.35. The molecule has 136 valence electrons. The van der Waals surface area contributed by atoms with Crippen LogP contribution in [0, 0.1) is 20.8 Å². The molecule has 1 unspecified atom stereocenters. The number of morpholine rings is 1. The fraction of sp³-hybridized carbons (Fsp3) is 0.368. The zero-order valence-corrected chi connectivity index (χ0v) is 16.5. The fourth-order valence-electron chi connectivity index (χ4n) is 3.66. The summed E-state index contributed by atoms with van der Waals surface area (Å²) in [5.74, 6) is 0.284. The van der Waals surface area contributed by atoms with E-state index in [1.807, 2.05) is 43.9 Å². The molecule has 1 aromatic carbocycles. The van der Waals surface area contributed by atoms with Gasteiger partial charge in [-0.3, -0.25) is 9.89 Å². The van der Waals surface area contributed by atoms with Crippen LogP contribution in [0.5, 0.6) is 0 Å². The molecule has 6 nitrogen and oxygen atoms in total. The second-order valence-electron chi connectivity index (χ2n) is 6.63. The van der Waals surface area contributed by atoms with Gasteiger partial charge < -0.3 is 14.1 Å². The first-order chi connectivity index (χ1) is 12.5. The molecule has 0 bridgehead atoms. The van der Waals surface area contributed by atoms with Gasteiger partial charge in [-0.05, 0) is 39.0 Å². The van der Waals surface area contributed by atoms with Crippen molar-refractivity contribution in [2.75, 3.05) is 19.8 Å². The van der Waals surface area contributed by atoms with Crippen molar-refractivity contribution in [1.29, 1.82) is 0 Å². The van der Waals surface area contributed by atoms with E-state index in [-0.39, 0.29) is 11.9 Å². The standard InChI is InChI=1S/C19H20BrN3O3/c1-10-14-8-13(20)4-5-16(14)26-18(10)19(24)23-6-7-25-9-15(23)17-11(2)21-22-12(17)3/h4-5,8,15H,6-7,9H2,1-3H3,(H,21,22). The molecule has 1 fully saturated rings. The van der Waals surface area contributed by atoms with Crippen molar-refractivity contribution in [3.05, 3.63) is 50.9 Å². The molecule has 2 aromatic heterocycles. The van der Waals surface area contributed by atoms with E-state index in [9.17, 15) is 4.79 Å². The number of carbonyl (C=O) groups is 1. The first-order valence-electron chi connectivity index (χ1n) is 8.56. The van der Waals surface area contributed by atoms with Gasteiger partial charge in [0, 0.05) is 33.2 Å². The molecule has 1 amide bonds. The van der Waals surface area contributed by atoms with Crippen molar-refractivity contribution in [2.24, 2.45) is 0 Å².